The van der Waals surface area contributed by atoms with E-state index in [9.17, 15) is 64.8 Å². The van der Waals surface area contributed by atoms with Gasteiger partial charge in [-0.2, -0.15) is 64.8 Å². The van der Waals surface area contributed by atoms with E-state index in [0.29, 0.717) is 6.08 Å². The lowest BCUT2D eigenvalue weighted by atomic mass is 9.97. The smallest absolute Gasteiger partial charge is 0.380 e. The molecule has 2 rings (SSSR count). The molecule has 1 unspecified atom stereocenters. The van der Waals surface area contributed by atoms with Crippen LogP contribution in [0.3, 0.4) is 0 Å². The largest absolute Gasteiger partial charge is 0.534 e. The first-order valence-corrected chi connectivity index (χ1v) is 13.4. The van der Waals surface area contributed by atoms with Gasteiger partial charge in [-0.15, -0.1) is 0 Å². The standard InChI is InChI=1S/C17H11F9O9S3/c18-15(19,20)36(27,28)33-12-5-3-10(4-6-12)1-2-11-7-13(34-37(29,30)16(21,22)23)9-14(8-11)35-38(31,32)17(24,25)26/h1-7,9,11H,8H2. The summed E-state index contributed by atoms with van der Waals surface area (Å²) in [4.78, 5) is 0. The molecule has 214 valence electrons. The van der Waals surface area contributed by atoms with Crippen LogP contribution in [0.2, 0.25) is 0 Å². The maximum atomic E-state index is 12.6. The van der Waals surface area contributed by atoms with Gasteiger partial charge in [-0.25, -0.2) is 0 Å². The van der Waals surface area contributed by atoms with E-state index in [4.69, 9.17) is 0 Å². The molecule has 38 heavy (non-hydrogen) atoms. The molecule has 1 atom stereocenters. The normalized spacial score (nSPS) is 18.1. The van der Waals surface area contributed by atoms with Crippen LogP contribution in [0.25, 0.3) is 6.08 Å². The van der Waals surface area contributed by atoms with Gasteiger partial charge in [-0.3, -0.25) is 0 Å². The van der Waals surface area contributed by atoms with Gasteiger partial charge in [0.05, 0.1) is 0 Å². The SMILES string of the molecule is O=S(=O)(OC1=CC(C=Cc2ccc(OS(=O)(=O)C(F)(F)F)cc2)CC(OS(=O)(=O)C(F)(F)F)=C1)C(F)(F)F. The van der Waals surface area contributed by atoms with Crippen LogP contribution in [0, 0.1) is 5.92 Å². The van der Waals surface area contributed by atoms with Gasteiger partial charge in [0.15, 0.2) is 0 Å². The van der Waals surface area contributed by atoms with Crippen molar-refractivity contribution in [3.05, 3.63) is 59.6 Å². The van der Waals surface area contributed by atoms with Crippen LogP contribution in [0.15, 0.2) is 54.0 Å². The highest BCUT2D eigenvalue weighted by molar-refractivity contribution is 7.88. The van der Waals surface area contributed by atoms with Gasteiger partial charge in [0, 0.05) is 18.4 Å². The van der Waals surface area contributed by atoms with Gasteiger partial charge < -0.3 is 12.5 Å². The Balaban J connectivity index is 2.33. The second-order valence-corrected chi connectivity index (χ2v) is 11.5. The molecule has 0 heterocycles. The molecule has 0 aromatic heterocycles. The van der Waals surface area contributed by atoms with Crippen molar-refractivity contribution in [2.75, 3.05) is 0 Å². The molecule has 9 nitrogen and oxygen atoms in total. The molecule has 1 aromatic carbocycles. The topological polar surface area (TPSA) is 130 Å². The third-order valence-corrected chi connectivity index (χ3v) is 6.97. The van der Waals surface area contributed by atoms with E-state index < -0.39 is 76.5 Å². The van der Waals surface area contributed by atoms with Crippen molar-refractivity contribution in [2.24, 2.45) is 5.92 Å². The van der Waals surface area contributed by atoms with Crippen LogP contribution in [-0.2, 0) is 38.7 Å². The van der Waals surface area contributed by atoms with Gasteiger partial charge in [0.25, 0.3) is 0 Å². The van der Waals surface area contributed by atoms with E-state index in [0.717, 1.165) is 36.4 Å². The highest BCUT2D eigenvalue weighted by Crippen LogP contribution is 2.35. The van der Waals surface area contributed by atoms with E-state index in [-0.39, 0.29) is 11.6 Å². The Bertz CT molecular complexity index is 1450. The van der Waals surface area contributed by atoms with E-state index in [1.54, 1.807) is 0 Å². The van der Waals surface area contributed by atoms with Gasteiger partial charge >= 0.3 is 46.9 Å². The second kappa shape index (κ2) is 10.3. The predicted octanol–water partition coefficient (Wildman–Crippen LogP) is 4.45. The van der Waals surface area contributed by atoms with Crippen molar-refractivity contribution in [1.82, 2.24) is 0 Å². The number of alkyl halides is 9. The van der Waals surface area contributed by atoms with Crippen molar-refractivity contribution in [3.63, 3.8) is 0 Å². The molecular weight excluding hydrogens is 615 g/mol. The summed E-state index contributed by atoms with van der Waals surface area (Å²) in [6, 6.07) is 3.54. The molecule has 0 N–H and O–H groups in total. The number of rotatable bonds is 8. The second-order valence-electron chi connectivity index (χ2n) is 6.93. The van der Waals surface area contributed by atoms with Gasteiger partial charge in [-0.05, 0) is 23.8 Å². The van der Waals surface area contributed by atoms with Crippen LogP contribution in [0.5, 0.6) is 5.75 Å². The van der Waals surface area contributed by atoms with Gasteiger partial charge in [-0.1, -0.05) is 24.3 Å². The van der Waals surface area contributed by atoms with Crippen molar-refractivity contribution < 1.29 is 77.3 Å². The number of hydrogen-bond acceptors (Lipinski definition) is 9. The molecule has 21 heteroatoms. The summed E-state index contributed by atoms with van der Waals surface area (Å²) < 4.78 is 191. The maximum absolute atomic E-state index is 12.6. The minimum Gasteiger partial charge on any atom is -0.380 e. The summed E-state index contributed by atoms with van der Waals surface area (Å²) in [5.74, 6) is -4.48. The molecule has 0 fully saturated rings. The third-order valence-electron chi connectivity index (χ3n) is 4.01. The van der Waals surface area contributed by atoms with Crippen molar-refractivity contribution >= 4 is 36.4 Å². The van der Waals surface area contributed by atoms with E-state index in [1.165, 1.54) is 0 Å². The first kappa shape index (κ1) is 31.3. The quantitative estimate of drug-likeness (QED) is 0.234. The molecular formula is C17H11F9O9S3. The van der Waals surface area contributed by atoms with Crippen LogP contribution < -0.4 is 4.18 Å². The average Bonchev–Trinajstić information content (AvgIpc) is 2.69. The number of benzene rings is 1. The molecule has 0 spiro atoms. The number of halogens is 9. The Kier molecular flexibility index (Phi) is 8.49. The Morgan fingerprint density at radius 2 is 1.13 bits per heavy atom. The summed E-state index contributed by atoms with van der Waals surface area (Å²) in [5, 5.41) is 0. The lowest BCUT2D eigenvalue weighted by Crippen LogP contribution is -2.28. The first-order valence-electron chi connectivity index (χ1n) is 9.16. The summed E-state index contributed by atoms with van der Waals surface area (Å²) in [7, 11) is -18.6. The van der Waals surface area contributed by atoms with E-state index in [2.05, 4.69) is 12.5 Å². The summed E-state index contributed by atoms with van der Waals surface area (Å²) in [6.45, 7) is 0. The lowest BCUT2D eigenvalue weighted by molar-refractivity contribution is -0.0525. The molecule has 1 aromatic rings. The zero-order valence-corrected chi connectivity index (χ0v) is 20.2. The molecule has 1 aliphatic rings. The van der Waals surface area contributed by atoms with Crippen LogP contribution in [-0.4, -0.2) is 41.8 Å². The summed E-state index contributed by atoms with van der Waals surface area (Å²) in [6.07, 6.45) is 2.17. The molecule has 0 amide bonds. The average molecular weight is 626 g/mol. The molecule has 0 saturated heterocycles. The summed E-state index contributed by atoms with van der Waals surface area (Å²) >= 11 is 0. The van der Waals surface area contributed by atoms with Crippen molar-refractivity contribution in [2.45, 2.75) is 22.9 Å². The van der Waals surface area contributed by atoms with Crippen LogP contribution in [0.4, 0.5) is 39.5 Å². The fourth-order valence-corrected chi connectivity index (χ4v) is 3.81. The molecule has 1 aliphatic carbocycles. The van der Waals surface area contributed by atoms with Crippen LogP contribution in [0.1, 0.15) is 12.0 Å². The number of allylic oxidation sites excluding steroid dienone is 4. The minimum absolute atomic E-state index is 0.0699. The molecule has 0 radical (unpaired) electrons. The third kappa shape index (κ3) is 7.79. The van der Waals surface area contributed by atoms with E-state index >= 15 is 0 Å². The minimum atomic E-state index is -6.32. The zero-order valence-electron chi connectivity index (χ0n) is 17.7. The monoisotopic (exact) mass is 626 g/mol. The molecule has 0 bridgehead atoms. The van der Waals surface area contributed by atoms with Gasteiger partial charge in [0.2, 0.25) is 0 Å². The fraction of sp³-hybridized carbons (Fsp3) is 0.294. The van der Waals surface area contributed by atoms with Crippen LogP contribution >= 0.6 is 0 Å². The highest BCUT2D eigenvalue weighted by Gasteiger charge is 2.51. The van der Waals surface area contributed by atoms with Crippen molar-refractivity contribution in [3.8, 4) is 5.75 Å². The lowest BCUT2D eigenvalue weighted by Gasteiger charge is -2.20. The Morgan fingerprint density at radius 3 is 1.61 bits per heavy atom. The predicted molar refractivity (Wildman–Crippen MR) is 107 cm³/mol. The summed E-state index contributed by atoms with van der Waals surface area (Å²) in [5.41, 5.74) is -17.5. The zero-order chi connectivity index (χ0) is 29.4. The van der Waals surface area contributed by atoms with Crippen molar-refractivity contribution in [1.29, 1.82) is 0 Å². The maximum Gasteiger partial charge on any atom is 0.534 e. The number of hydrogen-bond donors (Lipinski definition) is 0. The fourth-order valence-electron chi connectivity index (χ4n) is 2.41. The molecule has 0 aliphatic heterocycles. The highest BCUT2D eigenvalue weighted by atomic mass is 32.2. The Labute approximate surface area is 208 Å². The first-order chi connectivity index (χ1) is 16.9. The van der Waals surface area contributed by atoms with Gasteiger partial charge in [0.1, 0.15) is 17.3 Å². The Hall–Kier alpha value is -2.94. The van der Waals surface area contributed by atoms with E-state index in [1.807, 2.05) is 0 Å². The molecule has 0 saturated carbocycles. The Morgan fingerprint density at radius 1 is 0.684 bits per heavy atom.